The summed E-state index contributed by atoms with van der Waals surface area (Å²) in [6.07, 6.45) is 0. The van der Waals surface area contributed by atoms with Crippen LogP contribution in [0, 0.1) is 13.8 Å². The van der Waals surface area contributed by atoms with Crippen LogP contribution in [0.15, 0.2) is 63.8 Å². The Bertz CT molecular complexity index is 1510. The molecule has 1 aliphatic heterocycles. The Morgan fingerprint density at radius 2 is 1.73 bits per heavy atom. The van der Waals surface area contributed by atoms with E-state index in [0.717, 1.165) is 11.1 Å². The van der Waals surface area contributed by atoms with Crippen LogP contribution < -0.4 is 15.1 Å². The van der Waals surface area contributed by atoms with Crippen molar-refractivity contribution >= 4 is 45.8 Å². The number of benzene rings is 3. The molecule has 2 heterocycles. The SMILES string of the molecule is COc1ccc(N2C(=O)c3oc4cc(C)c(C)cc4c(=O)c3C2c2cccc(Cl)c2)cc1Cl. The Kier molecular flexibility index (Phi) is 5.19. The van der Waals surface area contributed by atoms with Crippen molar-refractivity contribution in [2.75, 3.05) is 12.0 Å². The van der Waals surface area contributed by atoms with E-state index < -0.39 is 11.9 Å². The molecule has 5 nitrogen and oxygen atoms in total. The van der Waals surface area contributed by atoms with Gasteiger partial charge < -0.3 is 9.15 Å². The van der Waals surface area contributed by atoms with E-state index in [4.69, 9.17) is 32.4 Å². The lowest BCUT2D eigenvalue weighted by Crippen LogP contribution is -2.29. The summed E-state index contributed by atoms with van der Waals surface area (Å²) in [5.41, 5.74) is 3.57. The van der Waals surface area contributed by atoms with Crippen molar-refractivity contribution in [3.05, 3.63) is 103 Å². The highest BCUT2D eigenvalue weighted by molar-refractivity contribution is 6.32. The zero-order valence-corrected chi connectivity index (χ0v) is 19.6. The van der Waals surface area contributed by atoms with Crippen molar-refractivity contribution < 1.29 is 13.9 Å². The molecule has 0 bridgehead atoms. The molecule has 3 aromatic carbocycles. The second-order valence-corrected chi connectivity index (χ2v) is 8.90. The van der Waals surface area contributed by atoms with E-state index >= 15 is 0 Å². The first-order chi connectivity index (χ1) is 15.8. The molecule has 1 amide bonds. The fourth-order valence-corrected chi connectivity index (χ4v) is 4.74. The van der Waals surface area contributed by atoms with Gasteiger partial charge in [0.05, 0.1) is 29.1 Å². The van der Waals surface area contributed by atoms with Gasteiger partial charge in [0.15, 0.2) is 5.43 Å². The van der Waals surface area contributed by atoms with E-state index in [1.54, 1.807) is 42.5 Å². The van der Waals surface area contributed by atoms with Gasteiger partial charge in [0.1, 0.15) is 11.3 Å². The van der Waals surface area contributed by atoms with Gasteiger partial charge in [-0.1, -0.05) is 35.3 Å². The molecule has 0 spiro atoms. The molecular weight excluding hydrogens is 461 g/mol. The summed E-state index contributed by atoms with van der Waals surface area (Å²) >= 11 is 12.6. The smallest absolute Gasteiger partial charge is 0.295 e. The lowest BCUT2D eigenvalue weighted by atomic mass is 9.97. The molecule has 5 rings (SSSR count). The fraction of sp³-hybridized carbons (Fsp3) is 0.154. The van der Waals surface area contributed by atoms with Gasteiger partial charge in [-0.15, -0.1) is 0 Å². The van der Waals surface area contributed by atoms with Gasteiger partial charge in [-0.3, -0.25) is 14.5 Å². The molecule has 4 aromatic rings. The highest BCUT2D eigenvalue weighted by Gasteiger charge is 2.44. The second-order valence-electron chi connectivity index (χ2n) is 8.06. The van der Waals surface area contributed by atoms with E-state index in [2.05, 4.69) is 0 Å². The Balaban J connectivity index is 1.82. The third-order valence-corrected chi connectivity index (χ3v) is 6.59. The second kappa shape index (κ2) is 7.94. The number of methoxy groups -OCH3 is 1. The molecule has 0 saturated carbocycles. The predicted octanol–water partition coefficient (Wildman–Crippen LogP) is 6.48. The number of aryl methyl sites for hydroxylation is 2. The normalized spacial score (nSPS) is 15.2. The Morgan fingerprint density at radius 3 is 2.42 bits per heavy atom. The van der Waals surface area contributed by atoms with Crippen LogP contribution >= 0.6 is 23.2 Å². The van der Waals surface area contributed by atoms with Crippen LogP contribution in [0.3, 0.4) is 0 Å². The largest absolute Gasteiger partial charge is 0.495 e. The summed E-state index contributed by atoms with van der Waals surface area (Å²) in [5, 5.41) is 1.28. The van der Waals surface area contributed by atoms with Gasteiger partial charge >= 0.3 is 0 Å². The van der Waals surface area contributed by atoms with Crippen LogP contribution in [0.4, 0.5) is 5.69 Å². The molecule has 0 fully saturated rings. The van der Waals surface area contributed by atoms with E-state index in [9.17, 15) is 9.59 Å². The number of hydrogen-bond donors (Lipinski definition) is 0. The molecule has 0 radical (unpaired) electrons. The maximum Gasteiger partial charge on any atom is 0.295 e. The predicted molar refractivity (Wildman–Crippen MR) is 130 cm³/mol. The molecule has 0 aliphatic carbocycles. The quantitative estimate of drug-likeness (QED) is 0.337. The number of fused-ring (bicyclic) bond motifs is 2. The molecule has 0 N–H and O–H groups in total. The number of carbonyl (C=O) groups excluding carboxylic acids is 1. The Hall–Kier alpha value is -3.28. The van der Waals surface area contributed by atoms with Gasteiger partial charge in [-0.2, -0.15) is 0 Å². The van der Waals surface area contributed by atoms with E-state index in [1.165, 1.54) is 12.0 Å². The zero-order valence-electron chi connectivity index (χ0n) is 18.1. The molecule has 0 saturated heterocycles. The number of ether oxygens (including phenoxy) is 1. The highest BCUT2D eigenvalue weighted by Crippen LogP contribution is 2.43. The summed E-state index contributed by atoms with van der Waals surface area (Å²) in [5.74, 6) is 0.0795. The summed E-state index contributed by atoms with van der Waals surface area (Å²) in [4.78, 5) is 28.9. The van der Waals surface area contributed by atoms with Crippen molar-refractivity contribution in [3.63, 3.8) is 0 Å². The van der Waals surface area contributed by atoms with Crippen LogP contribution in [0.1, 0.15) is 38.9 Å². The minimum atomic E-state index is -0.724. The number of carbonyl (C=O) groups is 1. The van der Waals surface area contributed by atoms with Crippen LogP contribution in [0.2, 0.25) is 10.0 Å². The average molecular weight is 480 g/mol. The average Bonchev–Trinajstić information content (AvgIpc) is 3.08. The van der Waals surface area contributed by atoms with Gasteiger partial charge in [0, 0.05) is 10.7 Å². The summed E-state index contributed by atoms with van der Waals surface area (Å²) in [6, 6.07) is 15.0. The summed E-state index contributed by atoms with van der Waals surface area (Å²) < 4.78 is 11.3. The number of rotatable bonds is 3. The van der Waals surface area contributed by atoms with Crippen molar-refractivity contribution in [2.45, 2.75) is 19.9 Å². The van der Waals surface area contributed by atoms with Crippen molar-refractivity contribution in [3.8, 4) is 5.75 Å². The monoisotopic (exact) mass is 479 g/mol. The van der Waals surface area contributed by atoms with Crippen molar-refractivity contribution in [2.24, 2.45) is 0 Å². The number of amides is 1. The highest BCUT2D eigenvalue weighted by atomic mass is 35.5. The Morgan fingerprint density at radius 1 is 0.970 bits per heavy atom. The van der Waals surface area contributed by atoms with Crippen LogP contribution in [0.5, 0.6) is 5.75 Å². The Labute approximate surface area is 200 Å². The van der Waals surface area contributed by atoms with Crippen LogP contribution in [0.25, 0.3) is 11.0 Å². The first kappa shape index (κ1) is 21.6. The molecule has 1 unspecified atom stereocenters. The minimum absolute atomic E-state index is 0.0210. The number of nitrogens with zero attached hydrogens (tertiary/aromatic N) is 1. The number of halogens is 2. The molecule has 1 aromatic heterocycles. The van der Waals surface area contributed by atoms with Gasteiger partial charge in [0.2, 0.25) is 5.76 Å². The third kappa shape index (κ3) is 3.39. The molecule has 166 valence electrons. The maximum atomic E-state index is 13.7. The summed E-state index contributed by atoms with van der Waals surface area (Å²) in [6.45, 7) is 3.87. The lowest BCUT2D eigenvalue weighted by molar-refractivity contribution is 0.0971. The van der Waals surface area contributed by atoms with Gasteiger partial charge in [-0.25, -0.2) is 0 Å². The van der Waals surface area contributed by atoms with E-state index in [1.807, 2.05) is 26.0 Å². The van der Waals surface area contributed by atoms with Crippen molar-refractivity contribution in [1.29, 1.82) is 0 Å². The van der Waals surface area contributed by atoms with Crippen LogP contribution in [-0.4, -0.2) is 13.0 Å². The molecule has 1 aliphatic rings. The molecule has 1 atom stereocenters. The topological polar surface area (TPSA) is 59.8 Å². The van der Waals surface area contributed by atoms with Gasteiger partial charge in [0.25, 0.3) is 5.91 Å². The molecular formula is C26H19Cl2NO4. The van der Waals surface area contributed by atoms with E-state index in [-0.39, 0.29) is 16.8 Å². The van der Waals surface area contributed by atoms with Crippen molar-refractivity contribution in [1.82, 2.24) is 0 Å². The summed E-state index contributed by atoms with van der Waals surface area (Å²) in [7, 11) is 1.52. The third-order valence-electron chi connectivity index (χ3n) is 6.06. The van der Waals surface area contributed by atoms with Crippen LogP contribution in [-0.2, 0) is 0 Å². The maximum absolute atomic E-state index is 13.7. The first-order valence-corrected chi connectivity index (χ1v) is 11.1. The molecule has 33 heavy (non-hydrogen) atoms. The van der Waals surface area contributed by atoms with Gasteiger partial charge in [-0.05, 0) is 73.0 Å². The standard InChI is InChI=1S/C26H19Cl2NO4/c1-13-9-18-21(10-14(13)2)33-25-22(24(18)30)23(15-5-4-6-16(27)11-15)29(26(25)31)17-7-8-20(32-3)19(28)12-17/h4-12,23H,1-3H3. The minimum Gasteiger partial charge on any atom is -0.495 e. The lowest BCUT2D eigenvalue weighted by Gasteiger charge is -2.25. The van der Waals surface area contributed by atoms with E-state index in [0.29, 0.717) is 38.0 Å². The zero-order chi connectivity index (χ0) is 23.4. The molecule has 7 heteroatoms. The first-order valence-electron chi connectivity index (χ1n) is 10.3. The number of hydrogen-bond acceptors (Lipinski definition) is 4. The fourth-order valence-electron chi connectivity index (χ4n) is 4.29. The number of anilines is 1.